The number of nitrogens with one attached hydrogen (secondary N) is 1. The Morgan fingerprint density at radius 3 is 2.66 bits per heavy atom. The summed E-state index contributed by atoms with van der Waals surface area (Å²) in [5.41, 5.74) is -0.774. The van der Waals surface area contributed by atoms with Gasteiger partial charge in [0, 0.05) is 18.2 Å². The van der Waals surface area contributed by atoms with Crippen LogP contribution in [0, 0.1) is 6.92 Å². The van der Waals surface area contributed by atoms with E-state index in [1.807, 2.05) is 0 Å². The first kappa shape index (κ1) is 20.6. The van der Waals surface area contributed by atoms with Crippen molar-refractivity contribution in [1.29, 1.82) is 0 Å². The Kier molecular flexibility index (Phi) is 6.35. The highest BCUT2D eigenvalue weighted by molar-refractivity contribution is 5.71. The fourth-order valence-corrected chi connectivity index (χ4v) is 2.87. The van der Waals surface area contributed by atoms with Crippen LogP contribution in [0.3, 0.4) is 0 Å². The molecule has 1 aliphatic rings. The molecule has 2 N–H and O–H groups in total. The Hall–Kier alpha value is -3.11. The summed E-state index contributed by atoms with van der Waals surface area (Å²) in [6.07, 6.45) is -1.02. The highest BCUT2D eigenvalue weighted by atomic mass is 16.6. The van der Waals surface area contributed by atoms with E-state index < -0.39 is 35.7 Å². The number of nitrogens with zero attached hydrogens (tertiary/aromatic N) is 1. The van der Waals surface area contributed by atoms with E-state index in [0.29, 0.717) is 17.1 Å². The van der Waals surface area contributed by atoms with E-state index in [1.165, 1.54) is 10.8 Å². The second-order valence-electron chi connectivity index (χ2n) is 6.56. The van der Waals surface area contributed by atoms with E-state index in [1.54, 1.807) is 38.3 Å². The predicted molar refractivity (Wildman–Crippen MR) is 100 cm³/mol. The van der Waals surface area contributed by atoms with E-state index in [0.717, 1.165) is 0 Å². The number of aromatic amines is 1. The maximum atomic E-state index is 12.0. The number of hydrogen-bond donors (Lipinski definition) is 2. The van der Waals surface area contributed by atoms with Crippen molar-refractivity contribution in [3.8, 4) is 11.5 Å². The summed E-state index contributed by atoms with van der Waals surface area (Å²) in [7, 11) is 1.55. The summed E-state index contributed by atoms with van der Waals surface area (Å²) >= 11 is 0. The summed E-state index contributed by atoms with van der Waals surface area (Å²) in [5.74, 6) is 0.517. The monoisotopic (exact) mass is 406 g/mol. The van der Waals surface area contributed by atoms with Crippen LogP contribution in [0.15, 0.2) is 40.1 Å². The Balaban J connectivity index is 1.50. The minimum atomic E-state index is -0.936. The first-order chi connectivity index (χ1) is 13.9. The standard InChI is InChI=1S/C19H22N2O8/c1-11-8-21(19(25)20-18(11)24)16-7-14(22)15(29-16)9-28-17(23)10-27-13-5-3-12(26-2)4-6-13/h3-6,8,14-16,22H,7,9-10H2,1-2H3,(H,20,24,25). The molecule has 10 nitrogen and oxygen atoms in total. The zero-order chi connectivity index (χ0) is 21.0. The smallest absolute Gasteiger partial charge is 0.344 e. The van der Waals surface area contributed by atoms with Gasteiger partial charge in [-0.25, -0.2) is 9.59 Å². The number of hydrogen-bond acceptors (Lipinski definition) is 8. The van der Waals surface area contributed by atoms with Gasteiger partial charge in [0.1, 0.15) is 30.4 Å². The number of aliphatic hydroxyl groups excluding tert-OH is 1. The third-order valence-corrected chi connectivity index (χ3v) is 4.48. The summed E-state index contributed by atoms with van der Waals surface area (Å²) in [6, 6.07) is 6.71. The van der Waals surface area contributed by atoms with Crippen molar-refractivity contribution in [2.24, 2.45) is 0 Å². The molecule has 1 fully saturated rings. The molecule has 1 aliphatic heterocycles. The SMILES string of the molecule is COc1ccc(OCC(=O)OCC2OC(n3cc(C)c(=O)[nH]c3=O)CC2O)cc1. The van der Waals surface area contributed by atoms with Gasteiger partial charge in [-0.15, -0.1) is 0 Å². The molecule has 0 aliphatic carbocycles. The number of benzene rings is 1. The summed E-state index contributed by atoms with van der Waals surface area (Å²) in [6.45, 7) is 1.05. The summed E-state index contributed by atoms with van der Waals surface area (Å²) in [4.78, 5) is 37.5. The Morgan fingerprint density at radius 1 is 1.28 bits per heavy atom. The lowest BCUT2D eigenvalue weighted by atomic mass is 10.2. The lowest BCUT2D eigenvalue weighted by Crippen LogP contribution is -2.33. The van der Waals surface area contributed by atoms with Crippen molar-refractivity contribution in [1.82, 2.24) is 9.55 Å². The Morgan fingerprint density at radius 2 is 1.97 bits per heavy atom. The van der Waals surface area contributed by atoms with Crippen LogP contribution >= 0.6 is 0 Å². The molecule has 1 aromatic carbocycles. The van der Waals surface area contributed by atoms with Crippen LogP contribution in [0.1, 0.15) is 18.2 Å². The highest BCUT2D eigenvalue weighted by Crippen LogP contribution is 2.27. The zero-order valence-corrected chi connectivity index (χ0v) is 16.0. The zero-order valence-electron chi connectivity index (χ0n) is 16.0. The van der Waals surface area contributed by atoms with Gasteiger partial charge in [-0.1, -0.05) is 0 Å². The van der Waals surface area contributed by atoms with Gasteiger partial charge in [0.05, 0.1) is 13.2 Å². The van der Waals surface area contributed by atoms with Crippen molar-refractivity contribution < 1.29 is 28.8 Å². The number of methoxy groups -OCH3 is 1. The average molecular weight is 406 g/mol. The van der Waals surface area contributed by atoms with Crippen LogP contribution in [0.2, 0.25) is 0 Å². The Bertz CT molecular complexity index is 965. The van der Waals surface area contributed by atoms with Gasteiger partial charge in [0.25, 0.3) is 5.56 Å². The van der Waals surface area contributed by atoms with E-state index in [2.05, 4.69) is 4.98 Å². The minimum Gasteiger partial charge on any atom is -0.497 e. The van der Waals surface area contributed by atoms with Gasteiger partial charge < -0.3 is 24.1 Å². The molecule has 0 saturated carbocycles. The number of aliphatic hydroxyl groups is 1. The predicted octanol–water partition coefficient (Wildman–Crippen LogP) is 0.124. The molecule has 156 valence electrons. The molecule has 2 aromatic rings. The molecule has 0 amide bonds. The van der Waals surface area contributed by atoms with Crippen molar-refractivity contribution in [2.45, 2.75) is 31.8 Å². The third-order valence-electron chi connectivity index (χ3n) is 4.48. The highest BCUT2D eigenvalue weighted by Gasteiger charge is 2.36. The third kappa shape index (κ3) is 5.04. The second-order valence-corrected chi connectivity index (χ2v) is 6.56. The lowest BCUT2D eigenvalue weighted by molar-refractivity contribution is -0.152. The first-order valence-electron chi connectivity index (χ1n) is 8.95. The number of carbonyl (C=O) groups excluding carboxylic acids is 1. The molecule has 10 heteroatoms. The molecule has 3 unspecified atom stereocenters. The van der Waals surface area contributed by atoms with Gasteiger partial charge >= 0.3 is 11.7 Å². The van der Waals surface area contributed by atoms with Crippen LogP contribution in [-0.2, 0) is 14.3 Å². The number of H-pyrrole nitrogens is 1. The van der Waals surface area contributed by atoms with Crippen LogP contribution in [-0.4, -0.2) is 53.2 Å². The quantitative estimate of drug-likeness (QED) is 0.621. The minimum absolute atomic E-state index is 0.121. The van der Waals surface area contributed by atoms with Crippen molar-refractivity contribution in [3.05, 3.63) is 56.9 Å². The van der Waals surface area contributed by atoms with Crippen molar-refractivity contribution in [2.75, 3.05) is 20.3 Å². The van der Waals surface area contributed by atoms with Crippen molar-refractivity contribution >= 4 is 5.97 Å². The number of esters is 1. The summed E-state index contributed by atoms with van der Waals surface area (Å²) in [5, 5.41) is 10.2. The van der Waals surface area contributed by atoms with E-state index in [-0.39, 0.29) is 19.6 Å². The van der Waals surface area contributed by atoms with Crippen LogP contribution in [0.4, 0.5) is 0 Å². The van der Waals surface area contributed by atoms with Gasteiger partial charge in [0.15, 0.2) is 6.61 Å². The lowest BCUT2D eigenvalue weighted by Gasteiger charge is -2.16. The normalized spacial score (nSPS) is 21.0. The molecule has 3 atom stereocenters. The molecule has 0 bridgehead atoms. The maximum absolute atomic E-state index is 12.0. The second kappa shape index (κ2) is 8.93. The molecular weight excluding hydrogens is 384 g/mol. The van der Waals surface area contributed by atoms with Crippen LogP contribution in [0.25, 0.3) is 0 Å². The fraction of sp³-hybridized carbons (Fsp3) is 0.421. The van der Waals surface area contributed by atoms with Gasteiger partial charge in [-0.3, -0.25) is 14.3 Å². The van der Waals surface area contributed by atoms with Gasteiger partial charge in [-0.2, -0.15) is 0 Å². The first-order valence-corrected chi connectivity index (χ1v) is 8.95. The average Bonchev–Trinajstić information content (AvgIpc) is 3.08. The number of carbonyl (C=O) groups is 1. The molecule has 1 aromatic heterocycles. The molecule has 3 rings (SSSR count). The van der Waals surface area contributed by atoms with E-state index in [9.17, 15) is 19.5 Å². The van der Waals surface area contributed by atoms with E-state index >= 15 is 0 Å². The molecular formula is C19H22N2O8. The summed E-state index contributed by atoms with van der Waals surface area (Å²) < 4.78 is 22.3. The number of rotatable bonds is 7. The number of ether oxygens (including phenoxy) is 4. The van der Waals surface area contributed by atoms with Gasteiger partial charge in [-0.05, 0) is 31.2 Å². The topological polar surface area (TPSA) is 129 Å². The van der Waals surface area contributed by atoms with Crippen LogP contribution in [0.5, 0.6) is 11.5 Å². The van der Waals surface area contributed by atoms with Gasteiger partial charge in [0.2, 0.25) is 0 Å². The molecule has 29 heavy (non-hydrogen) atoms. The van der Waals surface area contributed by atoms with Crippen molar-refractivity contribution in [3.63, 3.8) is 0 Å². The largest absolute Gasteiger partial charge is 0.497 e. The molecule has 2 heterocycles. The van der Waals surface area contributed by atoms with Crippen LogP contribution < -0.4 is 20.7 Å². The maximum Gasteiger partial charge on any atom is 0.344 e. The number of aromatic nitrogens is 2. The van der Waals surface area contributed by atoms with E-state index in [4.69, 9.17) is 18.9 Å². The Labute approximate surface area is 165 Å². The molecule has 1 saturated heterocycles. The number of aryl methyl sites for hydroxylation is 1. The molecule has 0 radical (unpaired) electrons. The molecule has 0 spiro atoms. The fourth-order valence-electron chi connectivity index (χ4n) is 2.87.